The zero-order chi connectivity index (χ0) is 16.8. The third kappa shape index (κ3) is 4.18. The SMILES string of the molecule is CCCCC(NC(=O)CN1C(=O)COc2cccnc21)C(=O)O. The number of aliphatic carboxylic acids is 1. The number of aromatic nitrogens is 1. The van der Waals surface area contributed by atoms with E-state index in [2.05, 4.69) is 10.3 Å². The van der Waals surface area contributed by atoms with Gasteiger partial charge >= 0.3 is 5.97 Å². The molecule has 8 heteroatoms. The predicted octanol–water partition coefficient (Wildman–Crippen LogP) is 0.567. The number of carboxylic acids is 1. The van der Waals surface area contributed by atoms with E-state index in [1.165, 1.54) is 11.1 Å². The van der Waals surface area contributed by atoms with Crippen LogP contribution in [0.25, 0.3) is 0 Å². The van der Waals surface area contributed by atoms with Crippen LogP contribution in [-0.4, -0.2) is 47.1 Å². The second-order valence-electron chi connectivity index (χ2n) is 5.19. The Morgan fingerprint density at radius 2 is 2.30 bits per heavy atom. The Kier molecular flexibility index (Phi) is 5.51. The highest BCUT2D eigenvalue weighted by Gasteiger charge is 2.29. The van der Waals surface area contributed by atoms with Gasteiger partial charge in [0.2, 0.25) is 5.91 Å². The van der Waals surface area contributed by atoms with Crippen LogP contribution in [-0.2, 0) is 14.4 Å². The summed E-state index contributed by atoms with van der Waals surface area (Å²) in [7, 11) is 0. The Labute approximate surface area is 133 Å². The number of nitrogens with zero attached hydrogens (tertiary/aromatic N) is 2. The van der Waals surface area contributed by atoms with Crippen LogP contribution in [0.3, 0.4) is 0 Å². The quantitative estimate of drug-likeness (QED) is 0.760. The maximum atomic E-state index is 12.1. The zero-order valence-electron chi connectivity index (χ0n) is 12.8. The van der Waals surface area contributed by atoms with Crippen molar-refractivity contribution in [1.82, 2.24) is 10.3 Å². The number of unbranched alkanes of at least 4 members (excludes halogenated alkanes) is 1. The number of pyridine rings is 1. The molecule has 0 aliphatic carbocycles. The number of rotatable bonds is 7. The first-order valence-corrected chi connectivity index (χ1v) is 7.43. The van der Waals surface area contributed by atoms with Crippen molar-refractivity contribution in [1.29, 1.82) is 0 Å². The van der Waals surface area contributed by atoms with E-state index >= 15 is 0 Å². The van der Waals surface area contributed by atoms with Gasteiger partial charge in [0.1, 0.15) is 12.6 Å². The topological polar surface area (TPSA) is 109 Å². The molecule has 1 aromatic heterocycles. The maximum absolute atomic E-state index is 12.1. The van der Waals surface area contributed by atoms with E-state index in [-0.39, 0.29) is 19.0 Å². The van der Waals surface area contributed by atoms with Gasteiger partial charge in [0.05, 0.1) is 0 Å². The predicted molar refractivity (Wildman–Crippen MR) is 81.2 cm³/mol. The van der Waals surface area contributed by atoms with Crippen molar-refractivity contribution in [2.24, 2.45) is 0 Å². The first kappa shape index (κ1) is 16.7. The molecule has 2 rings (SSSR count). The molecule has 0 fully saturated rings. The Morgan fingerprint density at radius 3 is 3.00 bits per heavy atom. The summed E-state index contributed by atoms with van der Waals surface area (Å²) in [6.45, 7) is 1.47. The van der Waals surface area contributed by atoms with Crippen molar-refractivity contribution in [2.75, 3.05) is 18.1 Å². The van der Waals surface area contributed by atoms with Crippen LogP contribution in [0.4, 0.5) is 5.82 Å². The Bertz CT molecular complexity index is 605. The van der Waals surface area contributed by atoms with Crippen molar-refractivity contribution in [3.05, 3.63) is 18.3 Å². The molecule has 2 amide bonds. The van der Waals surface area contributed by atoms with Crippen LogP contribution in [0.5, 0.6) is 5.75 Å². The van der Waals surface area contributed by atoms with Crippen LogP contribution in [0, 0.1) is 0 Å². The van der Waals surface area contributed by atoms with Crippen LogP contribution in [0.1, 0.15) is 26.2 Å². The van der Waals surface area contributed by atoms with E-state index in [4.69, 9.17) is 9.84 Å². The van der Waals surface area contributed by atoms with E-state index < -0.39 is 23.8 Å². The summed E-state index contributed by atoms with van der Waals surface area (Å²) < 4.78 is 5.24. The van der Waals surface area contributed by atoms with Crippen molar-refractivity contribution in [3.8, 4) is 5.75 Å². The number of fused-ring (bicyclic) bond motifs is 1. The average molecular weight is 321 g/mol. The molecule has 124 valence electrons. The molecule has 0 radical (unpaired) electrons. The number of amides is 2. The largest absolute Gasteiger partial charge is 0.480 e. The van der Waals surface area contributed by atoms with Crippen molar-refractivity contribution in [3.63, 3.8) is 0 Å². The lowest BCUT2D eigenvalue weighted by Gasteiger charge is -2.27. The normalized spacial score (nSPS) is 14.7. The average Bonchev–Trinajstić information content (AvgIpc) is 2.54. The van der Waals surface area contributed by atoms with E-state index in [0.29, 0.717) is 18.6 Å². The molecule has 1 atom stereocenters. The highest BCUT2D eigenvalue weighted by molar-refractivity contribution is 6.01. The molecular weight excluding hydrogens is 302 g/mol. The minimum Gasteiger partial charge on any atom is -0.480 e. The molecule has 0 saturated heterocycles. The van der Waals surface area contributed by atoms with Gasteiger partial charge in [0, 0.05) is 6.20 Å². The summed E-state index contributed by atoms with van der Waals surface area (Å²) in [6.07, 6.45) is 3.37. The van der Waals surface area contributed by atoms with Crippen LogP contribution in [0.2, 0.25) is 0 Å². The molecule has 2 N–H and O–H groups in total. The zero-order valence-corrected chi connectivity index (χ0v) is 12.8. The minimum absolute atomic E-state index is 0.176. The summed E-state index contributed by atoms with van der Waals surface area (Å²) in [5, 5.41) is 11.6. The Balaban J connectivity index is 2.04. The van der Waals surface area contributed by atoms with Gasteiger partial charge in [-0.2, -0.15) is 0 Å². The molecule has 2 heterocycles. The van der Waals surface area contributed by atoms with Crippen molar-refractivity contribution in [2.45, 2.75) is 32.2 Å². The fourth-order valence-corrected chi connectivity index (χ4v) is 2.25. The summed E-state index contributed by atoms with van der Waals surface area (Å²) in [5.74, 6) is -1.34. The van der Waals surface area contributed by atoms with Gasteiger partial charge in [-0.1, -0.05) is 19.8 Å². The number of carbonyl (C=O) groups is 3. The number of carboxylic acid groups (broad SMARTS) is 1. The molecule has 0 spiro atoms. The molecule has 0 aromatic carbocycles. The fraction of sp³-hybridized carbons (Fsp3) is 0.467. The number of carbonyl (C=O) groups excluding carboxylic acids is 2. The second kappa shape index (κ2) is 7.57. The molecule has 1 aliphatic rings. The lowest BCUT2D eigenvalue weighted by molar-refractivity contribution is -0.141. The van der Waals surface area contributed by atoms with E-state index in [0.717, 1.165) is 6.42 Å². The van der Waals surface area contributed by atoms with E-state index in [9.17, 15) is 14.4 Å². The van der Waals surface area contributed by atoms with Crippen LogP contribution in [0.15, 0.2) is 18.3 Å². The van der Waals surface area contributed by atoms with E-state index in [1.807, 2.05) is 6.92 Å². The first-order valence-electron chi connectivity index (χ1n) is 7.43. The summed E-state index contributed by atoms with van der Waals surface area (Å²) in [5.41, 5.74) is 0. The Morgan fingerprint density at radius 1 is 1.52 bits per heavy atom. The number of hydrogen-bond donors (Lipinski definition) is 2. The summed E-state index contributed by atoms with van der Waals surface area (Å²) >= 11 is 0. The van der Waals surface area contributed by atoms with Crippen LogP contribution < -0.4 is 15.0 Å². The van der Waals surface area contributed by atoms with Gasteiger partial charge in [0.25, 0.3) is 5.91 Å². The highest BCUT2D eigenvalue weighted by atomic mass is 16.5. The lowest BCUT2D eigenvalue weighted by Crippen LogP contribution is -2.49. The molecule has 1 aliphatic heterocycles. The molecule has 0 saturated carbocycles. The van der Waals surface area contributed by atoms with Gasteiger partial charge in [-0.05, 0) is 18.6 Å². The van der Waals surface area contributed by atoms with Gasteiger partial charge < -0.3 is 15.2 Å². The van der Waals surface area contributed by atoms with Gasteiger partial charge in [-0.3, -0.25) is 14.5 Å². The van der Waals surface area contributed by atoms with Crippen molar-refractivity contribution >= 4 is 23.6 Å². The number of nitrogens with one attached hydrogen (secondary N) is 1. The van der Waals surface area contributed by atoms with Crippen LogP contribution >= 0.6 is 0 Å². The Hall–Kier alpha value is -2.64. The van der Waals surface area contributed by atoms with Gasteiger partial charge in [-0.25, -0.2) is 9.78 Å². The highest BCUT2D eigenvalue weighted by Crippen LogP contribution is 2.28. The standard InChI is InChI=1S/C15H19N3O5/c1-2-3-5-10(15(21)22)17-12(19)8-18-13(20)9-23-11-6-4-7-16-14(11)18/h4,6-7,10H,2-3,5,8-9H2,1H3,(H,17,19)(H,21,22). The van der Waals surface area contributed by atoms with Crippen molar-refractivity contribution < 1.29 is 24.2 Å². The number of ether oxygens (including phenoxy) is 1. The fourth-order valence-electron chi connectivity index (χ4n) is 2.25. The second-order valence-corrected chi connectivity index (χ2v) is 5.19. The van der Waals surface area contributed by atoms with Gasteiger partial charge in [0.15, 0.2) is 18.2 Å². The van der Waals surface area contributed by atoms with E-state index in [1.54, 1.807) is 12.1 Å². The molecule has 1 unspecified atom stereocenters. The number of anilines is 1. The molecular formula is C15H19N3O5. The minimum atomic E-state index is -1.08. The third-order valence-corrected chi connectivity index (χ3v) is 3.44. The molecule has 1 aromatic rings. The third-order valence-electron chi connectivity index (χ3n) is 3.44. The monoisotopic (exact) mass is 321 g/mol. The number of hydrogen-bond acceptors (Lipinski definition) is 5. The maximum Gasteiger partial charge on any atom is 0.326 e. The summed E-state index contributed by atoms with van der Waals surface area (Å²) in [4.78, 5) is 40.5. The molecule has 0 bridgehead atoms. The first-order chi connectivity index (χ1) is 11.0. The smallest absolute Gasteiger partial charge is 0.326 e. The lowest BCUT2D eigenvalue weighted by atomic mass is 10.1. The molecule has 8 nitrogen and oxygen atoms in total. The summed E-state index contributed by atoms with van der Waals surface area (Å²) in [6, 6.07) is 2.36. The molecule has 23 heavy (non-hydrogen) atoms. The van der Waals surface area contributed by atoms with Gasteiger partial charge in [-0.15, -0.1) is 0 Å².